The van der Waals surface area contributed by atoms with Crippen molar-refractivity contribution in [2.45, 2.75) is 18.6 Å². The van der Waals surface area contributed by atoms with Crippen LogP contribution in [-0.4, -0.2) is 17.9 Å². The minimum absolute atomic E-state index is 0.00715. The molecular weight excluding hydrogens is 369 g/mol. The number of carbonyl (C=O) groups excluding carboxylic acids is 2. The van der Waals surface area contributed by atoms with Crippen molar-refractivity contribution in [1.82, 2.24) is 5.32 Å². The number of benzene rings is 3. The maximum Gasteiger partial charge on any atom is 0.416 e. The van der Waals surface area contributed by atoms with Crippen LogP contribution in [0.4, 0.5) is 13.2 Å². The molecule has 3 aromatic rings. The number of amides is 2. The van der Waals surface area contributed by atoms with Crippen molar-refractivity contribution in [2.24, 2.45) is 5.73 Å². The van der Waals surface area contributed by atoms with Gasteiger partial charge in [0.25, 0.3) is 5.91 Å². The molecule has 0 spiro atoms. The molecule has 0 radical (unpaired) electrons. The SMILES string of the molecule is NC(=O)[C@H](Cc1ccc(C(F)(F)F)cc1)NC(=O)c1ccc2ccccc2c1. The van der Waals surface area contributed by atoms with Gasteiger partial charge in [-0.1, -0.05) is 42.5 Å². The van der Waals surface area contributed by atoms with Gasteiger partial charge < -0.3 is 11.1 Å². The minimum atomic E-state index is -4.44. The third-order valence-electron chi connectivity index (χ3n) is 4.38. The van der Waals surface area contributed by atoms with Crippen LogP contribution >= 0.6 is 0 Å². The molecule has 3 rings (SSSR count). The van der Waals surface area contributed by atoms with E-state index < -0.39 is 29.6 Å². The number of rotatable bonds is 5. The van der Waals surface area contributed by atoms with E-state index in [1.165, 1.54) is 12.1 Å². The Morgan fingerprint density at radius 1 is 0.929 bits per heavy atom. The second-order valence-corrected chi connectivity index (χ2v) is 6.39. The Labute approximate surface area is 159 Å². The highest BCUT2D eigenvalue weighted by Crippen LogP contribution is 2.29. The number of alkyl halides is 3. The summed E-state index contributed by atoms with van der Waals surface area (Å²) in [6.45, 7) is 0. The van der Waals surface area contributed by atoms with Crippen molar-refractivity contribution in [3.8, 4) is 0 Å². The zero-order chi connectivity index (χ0) is 20.3. The number of primary amides is 1. The number of nitrogens with two attached hydrogens (primary N) is 1. The highest BCUT2D eigenvalue weighted by atomic mass is 19.4. The van der Waals surface area contributed by atoms with Crippen LogP contribution in [0.5, 0.6) is 0 Å². The molecule has 144 valence electrons. The summed E-state index contributed by atoms with van der Waals surface area (Å²) in [5, 5.41) is 4.39. The number of hydrogen-bond donors (Lipinski definition) is 2. The first kappa shape index (κ1) is 19.4. The van der Waals surface area contributed by atoms with Crippen LogP contribution in [0.1, 0.15) is 21.5 Å². The molecule has 3 aromatic carbocycles. The summed E-state index contributed by atoms with van der Waals surface area (Å²) >= 11 is 0. The van der Waals surface area contributed by atoms with Gasteiger partial charge in [-0.05, 0) is 40.6 Å². The average Bonchev–Trinajstić information content (AvgIpc) is 2.66. The van der Waals surface area contributed by atoms with E-state index >= 15 is 0 Å². The Morgan fingerprint density at radius 2 is 1.57 bits per heavy atom. The molecule has 0 aromatic heterocycles. The molecule has 0 unspecified atom stereocenters. The lowest BCUT2D eigenvalue weighted by molar-refractivity contribution is -0.137. The lowest BCUT2D eigenvalue weighted by Crippen LogP contribution is -2.45. The summed E-state index contributed by atoms with van der Waals surface area (Å²) in [6, 6.07) is 16.0. The molecule has 0 aliphatic rings. The van der Waals surface area contributed by atoms with Crippen LogP contribution in [0, 0.1) is 0 Å². The summed E-state index contributed by atoms with van der Waals surface area (Å²) in [5.41, 5.74) is 5.39. The van der Waals surface area contributed by atoms with Crippen LogP contribution in [0.3, 0.4) is 0 Å². The zero-order valence-corrected chi connectivity index (χ0v) is 14.7. The molecule has 0 heterocycles. The van der Waals surface area contributed by atoms with Gasteiger partial charge in [0, 0.05) is 12.0 Å². The van der Waals surface area contributed by atoms with E-state index in [9.17, 15) is 22.8 Å². The van der Waals surface area contributed by atoms with E-state index in [0.717, 1.165) is 22.9 Å². The smallest absolute Gasteiger partial charge is 0.368 e. The first-order valence-electron chi connectivity index (χ1n) is 8.49. The Balaban J connectivity index is 1.75. The van der Waals surface area contributed by atoms with Crippen molar-refractivity contribution in [2.75, 3.05) is 0 Å². The Morgan fingerprint density at radius 3 is 2.18 bits per heavy atom. The average molecular weight is 386 g/mol. The fraction of sp³-hybridized carbons (Fsp3) is 0.143. The lowest BCUT2D eigenvalue weighted by atomic mass is 10.0. The summed E-state index contributed by atoms with van der Waals surface area (Å²) in [6.07, 6.45) is -4.45. The third kappa shape index (κ3) is 4.49. The summed E-state index contributed by atoms with van der Waals surface area (Å²) < 4.78 is 37.9. The molecular formula is C21H17F3N2O2. The van der Waals surface area contributed by atoms with Crippen molar-refractivity contribution in [1.29, 1.82) is 0 Å². The molecule has 4 nitrogen and oxygen atoms in total. The van der Waals surface area contributed by atoms with Crippen LogP contribution in [0.25, 0.3) is 10.8 Å². The fourth-order valence-corrected chi connectivity index (χ4v) is 2.86. The molecule has 3 N–H and O–H groups in total. The summed E-state index contributed by atoms with van der Waals surface area (Å²) in [5.74, 6) is -1.25. The van der Waals surface area contributed by atoms with Gasteiger partial charge in [-0.15, -0.1) is 0 Å². The number of carbonyl (C=O) groups is 2. The van der Waals surface area contributed by atoms with Gasteiger partial charge in [0.05, 0.1) is 5.56 Å². The minimum Gasteiger partial charge on any atom is -0.368 e. The Bertz CT molecular complexity index is 1010. The van der Waals surface area contributed by atoms with Crippen molar-refractivity contribution in [3.05, 3.63) is 83.4 Å². The van der Waals surface area contributed by atoms with Gasteiger partial charge in [-0.2, -0.15) is 13.2 Å². The van der Waals surface area contributed by atoms with E-state index in [1.807, 2.05) is 24.3 Å². The fourth-order valence-electron chi connectivity index (χ4n) is 2.86. The van der Waals surface area contributed by atoms with Crippen molar-refractivity contribution in [3.63, 3.8) is 0 Å². The van der Waals surface area contributed by atoms with Crippen LogP contribution in [0.2, 0.25) is 0 Å². The zero-order valence-electron chi connectivity index (χ0n) is 14.7. The standard InChI is InChI=1S/C21H17F3N2O2/c22-21(23,24)17-9-5-13(6-10-17)11-18(19(25)27)26-20(28)16-8-7-14-3-1-2-4-15(14)12-16/h1-10,12,18H,11H2,(H2,25,27)(H,26,28)/t18-/m0/s1. The molecule has 0 bridgehead atoms. The molecule has 0 saturated heterocycles. The molecule has 0 fully saturated rings. The Hall–Kier alpha value is -3.35. The molecule has 0 saturated carbocycles. The molecule has 0 aliphatic heterocycles. The molecule has 0 aliphatic carbocycles. The lowest BCUT2D eigenvalue weighted by Gasteiger charge is -2.16. The van der Waals surface area contributed by atoms with Gasteiger partial charge >= 0.3 is 6.18 Å². The van der Waals surface area contributed by atoms with Gasteiger partial charge in [0.15, 0.2) is 0 Å². The number of nitrogens with one attached hydrogen (secondary N) is 1. The van der Waals surface area contributed by atoms with E-state index in [-0.39, 0.29) is 6.42 Å². The van der Waals surface area contributed by atoms with E-state index in [2.05, 4.69) is 5.32 Å². The number of halogens is 3. The molecule has 7 heteroatoms. The van der Waals surface area contributed by atoms with Gasteiger partial charge in [-0.3, -0.25) is 9.59 Å². The molecule has 1 atom stereocenters. The van der Waals surface area contributed by atoms with E-state index in [1.54, 1.807) is 18.2 Å². The van der Waals surface area contributed by atoms with Gasteiger partial charge in [0.1, 0.15) is 6.04 Å². The van der Waals surface area contributed by atoms with E-state index in [4.69, 9.17) is 5.73 Å². The maximum absolute atomic E-state index is 12.6. The van der Waals surface area contributed by atoms with E-state index in [0.29, 0.717) is 11.1 Å². The second kappa shape index (κ2) is 7.72. The largest absolute Gasteiger partial charge is 0.416 e. The second-order valence-electron chi connectivity index (χ2n) is 6.39. The predicted molar refractivity (Wildman–Crippen MR) is 99.5 cm³/mol. The first-order valence-corrected chi connectivity index (χ1v) is 8.49. The molecule has 2 amide bonds. The number of fused-ring (bicyclic) bond motifs is 1. The monoisotopic (exact) mass is 386 g/mol. The van der Waals surface area contributed by atoms with Crippen molar-refractivity contribution < 1.29 is 22.8 Å². The van der Waals surface area contributed by atoms with Crippen LogP contribution in [0.15, 0.2) is 66.7 Å². The normalized spacial score (nSPS) is 12.5. The predicted octanol–water partition coefficient (Wildman–Crippen LogP) is 3.69. The third-order valence-corrected chi connectivity index (χ3v) is 4.38. The van der Waals surface area contributed by atoms with Gasteiger partial charge in [-0.25, -0.2) is 0 Å². The highest BCUT2D eigenvalue weighted by molar-refractivity contribution is 6.00. The summed E-state index contributed by atoms with van der Waals surface area (Å²) in [7, 11) is 0. The first-order chi connectivity index (χ1) is 13.2. The summed E-state index contributed by atoms with van der Waals surface area (Å²) in [4.78, 5) is 24.2. The van der Waals surface area contributed by atoms with Crippen molar-refractivity contribution >= 4 is 22.6 Å². The topological polar surface area (TPSA) is 72.2 Å². The van der Waals surface area contributed by atoms with Gasteiger partial charge in [0.2, 0.25) is 5.91 Å². The highest BCUT2D eigenvalue weighted by Gasteiger charge is 2.30. The quantitative estimate of drug-likeness (QED) is 0.702. The Kier molecular flexibility index (Phi) is 5.35. The number of hydrogen-bond acceptors (Lipinski definition) is 2. The van der Waals surface area contributed by atoms with Crippen LogP contribution < -0.4 is 11.1 Å². The molecule has 28 heavy (non-hydrogen) atoms. The van der Waals surface area contributed by atoms with Crippen LogP contribution in [-0.2, 0) is 17.4 Å². The maximum atomic E-state index is 12.6.